The number of hydrogen-bond donors (Lipinski definition) is 0. The van der Waals surface area contributed by atoms with Crippen molar-refractivity contribution >= 4 is 28.6 Å². The summed E-state index contributed by atoms with van der Waals surface area (Å²) < 4.78 is 35.5. The highest BCUT2D eigenvalue weighted by Crippen LogP contribution is 2.38. The molecule has 4 rings (SSSR count). The molecule has 0 N–H and O–H groups in total. The highest BCUT2D eigenvalue weighted by Gasteiger charge is 2.35. The van der Waals surface area contributed by atoms with Crippen LogP contribution in [0.3, 0.4) is 0 Å². The first-order valence-electron chi connectivity index (χ1n) is 10.8. The molecule has 31 heavy (non-hydrogen) atoms. The smallest absolute Gasteiger partial charge is 0.329 e. The Morgan fingerprint density at radius 3 is 2.42 bits per heavy atom. The van der Waals surface area contributed by atoms with Crippen molar-refractivity contribution < 1.29 is 18.3 Å². The van der Waals surface area contributed by atoms with E-state index >= 15 is 0 Å². The number of imidazole rings is 1. The third-order valence-corrected chi connectivity index (χ3v) is 6.24. The summed E-state index contributed by atoms with van der Waals surface area (Å²) in [5.41, 5.74) is 1.39. The number of hydrogen-bond acceptors (Lipinski definition) is 3. The molecule has 7 heteroatoms. The summed E-state index contributed by atoms with van der Waals surface area (Å²) in [4.78, 5) is 17.8. The number of aromatic nitrogens is 2. The first-order chi connectivity index (χ1) is 15.0. The predicted molar refractivity (Wildman–Crippen MR) is 117 cm³/mol. The summed E-state index contributed by atoms with van der Waals surface area (Å²) in [5, 5.41) is 0.564. The quantitative estimate of drug-likeness (QED) is 0.323. The zero-order chi connectivity index (χ0) is 22.0. The molecule has 1 atom stereocenters. The maximum atomic E-state index is 14.3. The van der Waals surface area contributed by atoms with E-state index < -0.39 is 17.7 Å². The predicted octanol–water partition coefficient (Wildman–Crippen LogP) is 6.71. The van der Waals surface area contributed by atoms with E-state index in [1.54, 1.807) is 35.8 Å². The average Bonchev–Trinajstić information content (AvgIpc) is 2.91. The van der Waals surface area contributed by atoms with Crippen molar-refractivity contribution in [2.24, 2.45) is 5.92 Å². The summed E-state index contributed by atoms with van der Waals surface area (Å²) >= 11 is 6.05. The van der Waals surface area contributed by atoms with Gasteiger partial charge in [0.15, 0.2) is 11.6 Å². The largest absolute Gasteiger partial charge is 0.464 e. The second-order valence-electron chi connectivity index (χ2n) is 8.02. The van der Waals surface area contributed by atoms with Crippen LogP contribution in [0.2, 0.25) is 5.02 Å². The lowest BCUT2D eigenvalue weighted by atomic mass is 9.91. The first-order valence-corrected chi connectivity index (χ1v) is 11.2. The van der Waals surface area contributed by atoms with E-state index in [1.165, 1.54) is 0 Å². The van der Waals surface area contributed by atoms with Crippen molar-refractivity contribution in [1.82, 2.24) is 9.55 Å². The topological polar surface area (TPSA) is 44.1 Å². The lowest BCUT2D eigenvalue weighted by Crippen LogP contribution is -2.30. The molecule has 1 aromatic heterocycles. The van der Waals surface area contributed by atoms with Crippen molar-refractivity contribution in [3.05, 3.63) is 53.1 Å². The van der Waals surface area contributed by atoms with Gasteiger partial charge in [-0.2, -0.15) is 0 Å². The molecule has 4 nitrogen and oxygen atoms in total. The van der Waals surface area contributed by atoms with Gasteiger partial charge in [-0.3, -0.25) is 0 Å². The van der Waals surface area contributed by atoms with Crippen LogP contribution in [0.25, 0.3) is 22.4 Å². The molecule has 0 spiro atoms. The Labute approximate surface area is 185 Å². The molecule has 0 saturated heterocycles. The molecule has 1 unspecified atom stereocenters. The number of esters is 1. The van der Waals surface area contributed by atoms with Crippen molar-refractivity contribution in [1.29, 1.82) is 0 Å². The third-order valence-electron chi connectivity index (χ3n) is 5.99. The fourth-order valence-corrected chi connectivity index (χ4v) is 4.66. The summed E-state index contributed by atoms with van der Waals surface area (Å²) in [6.07, 6.45) is 6.03. The molecule has 1 heterocycles. The van der Waals surface area contributed by atoms with Crippen molar-refractivity contribution in [2.75, 3.05) is 6.61 Å². The summed E-state index contributed by atoms with van der Waals surface area (Å²) in [5.74, 6) is -1.81. The number of rotatable bonds is 5. The van der Waals surface area contributed by atoms with Gasteiger partial charge < -0.3 is 9.30 Å². The van der Waals surface area contributed by atoms with Gasteiger partial charge in [0.05, 0.1) is 17.6 Å². The van der Waals surface area contributed by atoms with E-state index in [1.807, 2.05) is 0 Å². The molecule has 1 saturated carbocycles. The normalized spacial score (nSPS) is 16.3. The van der Waals surface area contributed by atoms with Gasteiger partial charge in [-0.1, -0.05) is 37.3 Å². The highest BCUT2D eigenvalue weighted by atomic mass is 35.5. The van der Waals surface area contributed by atoms with Crippen LogP contribution in [0.5, 0.6) is 0 Å². The SMILES string of the molecule is CCOC(=O)C(C1CCCCCC1)n1c(-c2ccc(Cl)cc2)nc2cc(F)c(F)cc21. The number of ether oxygens (including phenoxy) is 1. The monoisotopic (exact) mass is 446 g/mol. The number of benzene rings is 2. The Morgan fingerprint density at radius 2 is 1.77 bits per heavy atom. The van der Waals surface area contributed by atoms with E-state index in [0.717, 1.165) is 50.7 Å². The standard InChI is InChI=1S/C24H25ClF2N2O2/c1-2-31-24(30)22(15-7-5-3-4-6-8-15)29-21-14-19(27)18(26)13-20(21)28-23(29)16-9-11-17(25)12-10-16/h9-15,22H,2-8H2,1H3. The van der Waals surface area contributed by atoms with Crippen LogP contribution in [0.15, 0.2) is 36.4 Å². The van der Waals surface area contributed by atoms with Crippen LogP contribution in [0.1, 0.15) is 51.5 Å². The van der Waals surface area contributed by atoms with Gasteiger partial charge in [0.1, 0.15) is 11.9 Å². The first kappa shape index (κ1) is 21.8. The molecule has 164 valence electrons. The molecule has 1 fully saturated rings. The number of nitrogens with zero attached hydrogens (tertiary/aromatic N) is 2. The molecular weight excluding hydrogens is 422 g/mol. The Kier molecular flexibility index (Phi) is 6.56. The van der Waals surface area contributed by atoms with E-state index in [-0.39, 0.29) is 18.5 Å². The lowest BCUT2D eigenvalue weighted by Gasteiger charge is -2.28. The van der Waals surface area contributed by atoms with Gasteiger partial charge in [0.2, 0.25) is 0 Å². The number of carbonyl (C=O) groups is 1. The summed E-state index contributed by atoms with van der Waals surface area (Å²) in [6, 6.07) is 8.58. The van der Waals surface area contributed by atoms with Gasteiger partial charge in [-0.25, -0.2) is 18.6 Å². The van der Waals surface area contributed by atoms with E-state index in [0.29, 0.717) is 27.4 Å². The van der Waals surface area contributed by atoms with Crippen LogP contribution < -0.4 is 0 Å². The summed E-state index contributed by atoms with van der Waals surface area (Å²) in [6.45, 7) is 2.01. The third kappa shape index (κ3) is 4.45. The molecule has 0 radical (unpaired) electrons. The van der Waals surface area contributed by atoms with Crippen LogP contribution in [0.4, 0.5) is 8.78 Å². The van der Waals surface area contributed by atoms with Crippen LogP contribution in [0, 0.1) is 17.6 Å². The molecule has 0 aliphatic heterocycles. The molecule has 2 aromatic carbocycles. The van der Waals surface area contributed by atoms with Crippen molar-refractivity contribution in [3.63, 3.8) is 0 Å². The molecule has 0 bridgehead atoms. The van der Waals surface area contributed by atoms with Crippen LogP contribution >= 0.6 is 11.6 Å². The van der Waals surface area contributed by atoms with Gasteiger partial charge >= 0.3 is 5.97 Å². The summed E-state index contributed by atoms with van der Waals surface area (Å²) in [7, 11) is 0. The number of halogens is 3. The minimum atomic E-state index is -0.972. The molecular formula is C24H25ClF2N2O2. The zero-order valence-electron chi connectivity index (χ0n) is 17.4. The van der Waals surface area contributed by atoms with Crippen molar-refractivity contribution in [3.8, 4) is 11.4 Å². The fraction of sp³-hybridized carbons (Fsp3) is 0.417. The van der Waals surface area contributed by atoms with Crippen molar-refractivity contribution in [2.45, 2.75) is 51.5 Å². The highest BCUT2D eigenvalue weighted by molar-refractivity contribution is 6.30. The maximum absolute atomic E-state index is 14.3. The second-order valence-corrected chi connectivity index (χ2v) is 8.45. The fourth-order valence-electron chi connectivity index (χ4n) is 4.54. The second kappa shape index (κ2) is 9.35. The van der Waals surface area contributed by atoms with Gasteiger partial charge in [0.25, 0.3) is 0 Å². The Bertz CT molecular complexity index is 1070. The van der Waals surface area contributed by atoms with Crippen LogP contribution in [-0.2, 0) is 9.53 Å². The van der Waals surface area contributed by atoms with E-state index in [4.69, 9.17) is 16.3 Å². The molecule has 1 aliphatic rings. The lowest BCUT2D eigenvalue weighted by molar-refractivity contribution is -0.149. The molecule has 0 amide bonds. The average molecular weight is 447 g/mol. The van der Waals surface area contributed by atoms with E-state index in [2.05, 4.69) is 4.98 Å². The number of fused-ring (bicyclic) bond motifs is 1. The van der Waals surface area contributed by atoms with Gasteiger partial charge in [0, 0.05) is 22.7 Å². The Hall–Kier alpha value is -2.47. The zero-order valence-corrected chi connectivity index (χ0v) is 18.2. The van der Waals surface area contributed by atoms with Gasteiger partial charge in [-0.05, 0) is 49.9 Å². The Balaban J connectivity index is 1.96. The minimum Gasteiger partial charge on any atom is -0.464 e. The van der Waals surface area contributed by atoms with Crippen LogP contribution in [-0.4, -0.2) is 22.1 Å². The molecule has 3 aromatic rings. The minimum absolute atomic E-state index is 0.0260. The maximum Gasteiger partial charge on any atom is 0.329 e. The van der Waals surface area contributed by atoms with E-state index in [9.17, 15) is 13.6 Å². The number of carbonyl (C=O) groups excluding carboxylic acids is 1. The Morgan fingerprint density at radius 1 is 1.13 bits per heavy atom. The van der Waals surface area contributed by atoms with Gasteiger partial charge in [-0.15, -0.1) is 0 Å². The molecule has 1 aliphatic carbocycles.